The zero-order valence-corrected chi connectivity index (χ0v) is 14.6. The molecule has 1 aromatic carbocycles. The van der Waals surface area contributed by atoms with Gasteiger partial charge in [0, 0.05) is 36.7 Å². The van der Waals surface area contributed by atoms with Crippen LogP contribution in [0.25, 0.3) is 22.6 Å². The van der Waals surface area contributed by atoms with E-state index < -0.39 is 0 Å². The van der Waals surface area contributed by atoms with Crippen LogP contribution in [0.2, 0.25) is 0 Å². The van der Waals surface area contributed by atoms with E-state index in [0.717, 1.165) is 33.8 Å². The summed E-state index contributed by atoms with van der Waals surface area (Å²) in [5, 5.41) is 3.22. The average molecular weight is 345 g/mol. The van der Waals surface area contributed by atoms with Gasteiger partial charge in [-0.25, -0.2) is 9.97 Å². The van der Waals surface area contributed by atoms with E-state index in [1.165, 1.54) is 0 Å². The molecule has 0 aliphatic rings. The zero-order valence-electron chi connectivity index (χ0n) is 14.6. The highest BCUT2D eigenvalue weighted by atomic mass is 15.2. The van der Waals surface area contributed by atoms with Crippen LogP contribution in [0.4, 0.5) is 11.6 Å². The molecule has 3 heterocycles. The molecular weight excluding hydrogens is 326 g/mol. The smallest absolute Gasteiger partial charge is 0.229 e. The average Bonchev–Trinajstić information content (AvgIpc) is 2.99. The van der Waals surface area contributed by atoms with Crippen molar-refractivity contribution in [1.82, 2.24) is 24.5 Å². The lowest BCUT2D eigenvalue weighted by Crippen LogP contribution is -2.05. The minimum absolute atomic E-state index is 0.0118. The van der Waals surface area contributed by atoms with Crippen molar-refractivity contribution in [2.75, 3.05) is 5.32 Å². The van der Waals surface area contributed by atoms with Crippen LogP contribution in [0.5, 0.6) is 0 Å². The minimum atomic E-state index is 0.0118. The van der Waals surface area contributed by atoms with E-state index >= 15 is 0 Å². The molecule has 26 heavy (non-hydrogen) atoms. The largest absolute Gasteiger partial charge is 0.324 e. The van der Waals surface area contributed by atoms with E-state index in [9.17, 15) is 0 Å². The van der Waals surface area contributed by atoms with Crippen molar-refractivity contribution in [3.63, 3.8) is 0 Å². The molecule has 0 saturated heterocycles. The second-order valence-electron chi connectivity index (χ2n) is 6.17. The number of benzene rings is 1. The highest BCUT2D eigenvalue weighted by Gasteiger charge is 2.12. The maximum atomic E-state index is 5.89. The normalized spacial score (nSPS) is 12.3. The standard InChI is InChI=1S/C19H19N7/c1-12(20)13-3-5-15(6-4-13)23-19-22-11-16-18(25-19)26(2)17(24-16)14-7-9-21-10-8-14/h3-12H,20H2,1-2H3,(H,22,23,25). The Morgan fingerprint density at radius 3 is 2.46 bits per heavy atom. The van der Waals surface area contributed by atoms with Gasteiger partial charge in [-0.05, 0) is 36.8 Å². The zero-order chi connectivity index (χ0) is 18.1. The summed E-state index contributed by atoms with van der Waals surface area (Å²) in [6.07, 6.45) is 5.23. The van der Waals surface area contributed by atoms with Crippen LogP contribution in [-0.2, 0) is 7.05 Å². The fourth-order valence-corrected chi connectivity index (χ4v) is 2.80. The lowest BCUT2D eigenvalue weighted by Gasteiger charge is -2.08. The topological polar surface area (TPSA) is 94.5 Å². The molecule has 0 aliphatic carbocycles. The summed E-state index contributed by atoms with van der Waals surface area (Å²) in [4.78, 5) is 17.7. The van der Waals surface area contributed by atoms with E-state index in [0.29, 0.717) is 5.95 Å². The van der Waals surface area contributed by atoms with Crippen LogP contribution in [0.15, 0.2) is 55.0 Å². The Bertz CT molecular complexity index is 1040. The van der Waals surface area contributed by atoms with Crippen LogP contribution in [0.1, 0.15) is 18.5 Å². The number of hydrogen-bond donors (Lipinski definition) is 2. The summed E-state index contributed by atoms with van der Waals surface area (Å²) in [7, 11) is 1.94. The molecule has 0 radical (unpaired) electrons. The molecule has 3 N–H and O–H groups in total. The maximum absolute atomic E-state index is 5.89. The lowest BCUT2D eigenvalue weighted by molar-refractivity contribution is 0.818. The van der Waals surface area contributed by atoms with Gasteiger partial charge in [0.1, 0.15) is 11.3 Å². The first-order valence-corrected chi connectivity index (χ1v) is 8.34. The van der Waals surface area contributed by atoms with Crippen molar-refractivity contribution < 1.29 is 0 Å². The summed E-state index contributed by atoms with van der Waals surface area (Å²) in [5.41, 5.74) is 10.4. The van der Waals surface area contributed by atoms with Crippen molar-refractivity contribution in [2.45, 2.75) is 13.0 Å². The Hall–Kier alpha value is -3.32. The van der Waals surface area contributed by atoms with Gasteiger partial charge in [-0.1, -0.05) is 12.1 Å². The van der Waals surface area contributed by atoms with Crippen molar-refractivity contribution in [1.29, 1.82) is 0 Å². The fraction of sp³-hybridized carbons (Fsp3) is 0.158. The van der Waals surface area contributed by atoms with Gasteiger partial charge in [0.05, 0.1) is 6.20 Å². The number of nitrogens with two attached hydrogens (primary N) is 1. The third kappa shape index (κ3) is 3.00. The molecule has 4 rings (SSSR count). The highest BCUT2D eigenvalue weighted by molar-refractivity contribution is 5.77. The molecule has 0 fully saturated rings. The number of hydrogen-bond acceptors (Lipinski definition) is 6. The second kappa shape index (κ2) is 6.53. The number of rotatable bonds is 4. The van der Waals surface area contributed by atoms with E-state index in [-0.39, 0.29) is 6.04 Å². The van der Waals surface area contributed by atoms with E-state index in [1.54, 1.807) is 18.6 Å². The highest BCUT2D eigenvalue weighted by Crippen LogP contribution is 2.23. The third-order valence-electron chi connectivity index (χ3n) is 4.24. The Morgan fingerprint density at radius 1 is 1.04 bits per heavy atom. The summed E-state index contributed by atoms with van der Waals surface area (Å²) in [6, 6.07) is 11.8. The molecule has 1 atom stereocenters. The number of nitrogens with one attached hydrogen (secondary N) is 1. The minimum Gasteiger partial charge on any atom is -0.324 e. The molecule has 0 aliphatic heterocycles. The first-order valence-electron chi connectivity index (χ1n) is 8.34. The lowest BCUT2D eigenvalue weighted by atomic mass is 10.1. The number of pyridine rings is 1. The summed E-state index contributed by atoms with van der Waals surface area (Å²) in [5.74, 6) is 1.35. The predicted octanol–water partition coefficient (Wildman–Crippen LogP) is 3.19. The number of aromatic nitrogens is 5. The van der Waals surface area contributed by atoms with E-state index in [2.05, 4.69) is 25.3 Å². The molecule has 0 amide bonds. The number of aryl methyl sites for hydroxylation is 1. The molecule has 130 valence electrons. The van der Waals surface area contributed by atoms with E-state index in [1.807, 2.05) is 54.9 Å². The Kier molecular flexibility index (Phi) is 4.06. The quantitative estimate of drug-likeness (QED) is 0.590. The van der Waals surface area contributed by atoms with Gasteiger partial charge in [-0.3, -0.25) is 4.98 Å². The Balaban J connectivity index is 1.66. The first kappa shape index (κ1) is 16.2. The second-order valence-corrected chi connectivity index (χ2v) is 6.17. The number of anilines is 2. The third-order valence-corrected chi connectivity index (χ3v) is 4.24. The summed E-state index contributed by atoms with van der Waals surface area (Å²) in [6.45, 7) is 1.96. The first-order chi connectivity index (χ1) is 12.6. The Morgan fingerprint density at radius 2 is 1.77 bits per heavy atom. The van der Waals surface area contributed by atoms with Gasteiger partial charge >= 0.3 is 0 Å². The van der Waals surface area contributed by atoms with Gasteiger partial charge in [0.2, 0.25) is 5.95 Å². The molecule has 4 aromatic rings. The molecule has 7 nitrogen and oxygen atoms in total. The molecular formula is C19H19N7. The van der Waals surface area contributed by atoms with Gasteiger partial charge in [0.15, 0.2) is 5.65 Å². The van der Waals surface area contributed by atoms with Crippen LogP contribution in [-0.4, -0.2) is 24.5 Å². The molecule has 3 aromatic heterocycles. The molecule has 0 spiro atoms. The van der Waals surface area contributed by atoms with Crippen LogP contribution >= 0.6 is 0 Å². The van der Waals surface area contributed by atoms with Crippen molar-refractivity contribution in [2.24, 2.45) is 12.8 Å². The van der Waals surface area contributed by atoms with Crippen molar-refractivity contribution in [3.8, 4) is 11.4 Å². The van der Waals surface area contributed by atoms with Gasteiger partial charge in [-0.15, -0.1) is 0 Å². The van der Waals surface area contributed by atoms with Crippen molar-refractivity contribution in [3.05, 3.63) is 60.6 Å². The summed E-state index contributed by atoms with van der Waals surface area (Å²) < 4.78 is 1.96. The summed E-state index contributed by atoms with van der Waals surface area (Å²) >= 11 is 0. The van der Waals surface area contributed by atoms with Crippen LogP contribution in [0.3, 0.4) is 0 Å². The molecule has 0 saturated carbocycles. The maximum Gasteiger partial charge on any atom is 0.229 e. The molecule has 0 bridgehead atoms. The number of imidazole rings is 1. The van der Waals surface area contributed by atoms with E-state index in [4.69, 9.17) is 5.73 Å². The van der Waals surface area contributed by atoms with Crippen LogP contribution in [0, 0.1) is 0 Å². The predicted molar refractivity (Wildman–Crippen MR) is 102 cm³/mol. The molecule has 1 unspecified atom stereocenters. The number of nitrogens with zero attached hydrogens (tertiary/aromatic N) is 5. The monoisotopic (exact) mass is 345 g/mol. The van der Waals surface area contributed by atoms with Crippen molar-refractivity contribution >= 4 is 22.8 Å². The van der Waals surface area contributed by atoms with Gasteiger partial charge < -0.3 is 15.6 Å². The number of fused-ring (bicyclic) bond motifs is 1. The SMILES string of the molecule is CC(N)c1ccc(Nc2ncc3nc(-c4ccncc4)n(C)c3n2)cc1. The Labute approximate surface area is 151 Å². The van der Waals surface area contributed by atoms with Gasteiger partial charge in [0.25, 0.3) is 0 Å². The fourth-order valence-electron chi connectivity index (χ4n) is 2.80. The van der Waals surface area contributed by atoms with Crippen LogP contribution < -0.4 is 11.1 Å². The van der Waals surface area contributed by atoms with Gasteiger partial charge in [-0.2, -0.15) is 4.98 Å². The molecule has 7 heteroatoms.